The number of carbonyl (C=O) groups is 1. The maximum atomic E-state index is 10.5. The highest BCUT2D eigenvalue weighted by Crippen LogP contribution is 2.15. The van der Waals surface area contributed by atoms with E-state index in [1.54, 1.807) is 0 Å². The second-order valence-electron chi connectivity index (χ2n) is 3.53. The molecule has 1 fully saturated rings. The van der Waals surface area contributed by atoms with Gasteiger partial charge in [0.25, 0.3) is 5.91 Å². The highest BCUT2D eigenvalue weighted by molar-refractivity contribution is 5.87. The van der Waals surface area contributed by atoms with Crippen LogP contribution in [0.25, 0.3) is 0 Å². The molecule has 0 aromatic carbocycles. The first-order valence-electron chi connectivity index (χ1n) is 4.09. The lowest BCUT2D eigenvalue weighted by Gasteiger charge is -2.33. The van der Waals surface area contributed by atoms with Crippen molar-refractivity contribution in [1.82, 2.24) is 5.32 Å². The van der Waals surface area contributed by atoms with Gasteiger partial charge < -0.3 is 10.4 Å². The van der Waals surface area contributed by atoms with Gasteiger partial charge in [0.05, 0.1) is 6.04 Å². The lowest BCUT2D eigenvalue weighted by Crippen LogP contribution is -2.62. The van der Waals surface area contributed by atoms with Crippen molar-refractivity contribution in [3.63, 3.8) is 0 Å². The van der Waals surface area contributed by atoms with Crippen molar-refractivity contribution in [1.29, 1.82) is 0 Å². The summed E-state index contributed by atoms with van der Waals surface area (Å²) in [5, 5.41) is 11.7. The Morgan fingerprint density at radius 2 is 2.27 bits per heavy atom. The number of aliphatic hydroxyl groups excluding tert-OH is 1. The molecule has 3 heteroatoms. The van der Waals surface area contributed by atoms with Gasteiger partial charge in [-0.1, -0.05) is 13.8 Å². The molecular weight excluding hydrogens is 142 g/mol. The number of amides is 1. The molecule has 1 aliphatic heterocycles. The fraction of sp³-hybridized carbons (Fsp3) is 0.875. The van der Waals surface area contributed by atoms with E-state index < -0.39 is 6.10 Å². The van der Waals surface area contributed by atoms with Crippen LogP contribution < -0.4 is 5.32 Å². The van der Waals surface area contributed by atoms with Crippen LogP contribution in [0.5, 0.6) is 0 Å². The van der Waals surface area contributed by atoms with Crippen molar-refractivity contribution in [3.05, 3.63) is 0 Å². The van der Waals surface area contributed by atoms with Crippen molar-refractivity contribution in [3.8, 4) is 0 Å². The third-order valence-electron chi connectivity index (χ3n) is 2.03. The molecular formula is C8H15NO2. The number of rotatable bonds is 3. The molecule has 3 nitrogen and oxygen atoms in total. The highest BCUT2D eigenvalue weighted by atomic mass is 16.3. The number of β-lactam (4-membered cyclic amide) rings is 1. The van der Waals surface area contributed by atoms with E-state index in [1.807, 2.05) is 0 Å². The average Bonchev–Trinajstić information content (AvgIpc) is 1.96. The molecule has 1 amide bonds. The first kappa shape index (κ1) is 8.53. The Kier molecular flexibility index (Phi) is 2.49. The Bertz CT molecular complexity index is 156. The van der Waals surface area contributed by atoms with Crippen LogP contribution in [0, 0.1) is 5.92 Å². The number of hydrogen-bond donors (Lipinski definition) is 2. The Balaban J connectivity index is 2.15. The Morgan fingerprint density at radius 1 is 1.64 bits per heavy atom. The van der Waals surface area contributed by atoms with Crippen LogP contribution in [-0.4, -0.2) is 23.2 Å². The number of nitrogens with one attached hydrogen (secondary N) is 1. The van der Waals surface area contributed by atoms with Gasteiger partial charge in [-0.25, -0.2) is 0 Å². The molecule has 2 N–H and O–H groups in total. The zero-order valence-electron chi connectivity index (χ0n) is 7.00. The lowest BCUT2D eigenvalue weighted by molar-refractivity contribution is -0.142. The average molecular weight is 157 g/mol. The summed E-state index contributed by atoms with van der Waals surface area (Å²) in [5.74, 6) is 0.415. The Hall–Kier alpha value is -0.570. The lowest BCUT2D eigenvalue weighted by atomic mass is 9.94. The van der Waals surface area contributed by atoms with Gasteiger partial charge in [0, 0.05) is 0 Å². The van der Waals surface area contributed by atoms with E-state index in [4.69, 9.17) is 5.11 Å². The molecule has 0 aliphatic carbocycles. The fourth-order valence-electron chi connectivity index (χ4n) is 1.18. The van der Waals surface area contributed by atoms with E-state index in [2.05, 4.69) is 19.2 Å². The molecule has 0 aromatic heterocycles. The van der Waals surface area contributed by atoms with E-state index in [-0.39, 0.29) is 11.9 Å². The Morgan fingerprint density at radius 3 is 2.64 bits per heavy atom. The molecule has 1 rings (SSSR count). The number of aliphatic hydroxyl groups is 1. The van der Waals surface area contributed by atoms with Crippen molar-refractivity contribution in [2.24, 2.45) is 5.92 Å². The summed E-state index contributed by atoms with van der Waals surface area (Å²) in [6.07, 6.45) is 1.21. The van der Waals surface area contributed by atoms with E-state index in [9.17, 15) is 4.79 Å². The van der Waals surface area contributed by atoms with Crippen LogP contribution in [0.15, 0.2) is 0 Å². The standard InChI is InChI=1S/C8H15NO2/c1-5(2)3-4-6-7(10)8(11)9-6/h5-7,10H,3-4H2,1-2H3,(H,9,11). The summed E-state index contributed by atoms with van der Waals surface area (Å²) >= 11 is 0. The van der Waals surface area contributed by atoms with Crippen molar-refractivity contribution in [2.45, 2.75) is 38.8 Å². The molecule has 0 bridgehead atoms. The van der Waals surface area contributed by atoms with Crippen LogP contribution in [0.2, 0.25) is 0 Å². The van der Waals surface area contributed by atoms with Gasteiger partial charge in [0.15, 0.2) is 6.10 Å². The van der Waals surface area contributed by atoms with Crippen molar-refractivity contribution >= 4 is 5.91 Å². The van der Waals surface area contributed by atoms with Gasteiger partial charge in [-0.2, -0.15) is 0 Å². The number of carbonyl (C=O) groups excluding carboxylic acids is 1. The summed E-state index contributed by atoms with van der Waals surface area (Å²) in [6, 6.07) is 0.0184. The molecule has 11 heavy (non-hydrogen) atoms. The van der Waals surface area contributed by atoms with Crippen molar-refractivity contribution < 1.29 is 9.90 Å². The largest absolute Gasteiger partial charge is 0.381 e. The molecule has 0 saturated carbocycles. The van der Waals surface area contributed by atoms with Gasteiger partial charge in [-0.15, -0.1) is 0 Å². The molecule has 2 atom stereocenters. The van der Waals surface area contributed by atoms with Gasteiger partial charge in [-0.05, 0) is 18.8 Å². The summed E-state index contributed by atoms with van der Waals surface area (Å²) < 4.78 is 0. The van der Waals surface area contributed by atoms with Crippen LogP contribution in [-0.2, 0) is 4.79 Å². The van der Waals surface area contributed by atoms with E-state index >= 15 is 0 Å². The third kappa shape index (κ3) is 1.93. The molecule has 1 heterocycles. The maximum absolute atomic E-state index is 10.5. The molecule has 0 spiro atoms. The van der Waals surface area contributed by atoms with Crippen LogP contribution >= 0.6 is 0 Å². The first-order valence-corrected chi connectivity index (χ1v) is 4.09. The smallest absolute Gasteiger partial charge is 0.251 e. The molecule has 1 aliphatic rings. The zero-order valence-corrected chi connectivity index (χ0v) is 7.00. The minimum absolute atomic E-state index is 0.0184. The third-order valence-corrected chi connectivity index (χ3v) is 2.03. The van der Waals surface area contributed by atoms with Crippen LogP contribution in [0.4, 0.5) is 0 Å². The quantitative estimate of drug-likeness (QED) is 0.578. The second-order valence-corrected chi connectivity index (χ2v) is 3.53. The minimum Gasteiger partial charge on any atom is -0.381 e. The van der Waals surface area contributed by atoms with Gasteiger partial charge in [0.2, 0.25) is 0 Å². The van der Waals surface area contributed by atoms with E-state index in [1.165, 1.54) is 0 Å². The van der Waals surface area contributed by atoms with Crippen LogP contribution in [0.3, 0.4) is 0 Å². The van der Waals surface area contributed by atoms with Crippen LogP contribution in [0.1, 0.15) is 26.7 Å². The second kappa shape index (κ2) is 3.22. The molecule has 0 radical (unpaired) electrons. The molecule has 1 saturated heterocycles. The van der Waals surface area contributed by atoms with Crippen molar-refractivity contribution in [2.75, 3.05) is 0 Å². The minimum atomic E-state index is -0.742. The van der Waals surface area contributed by atoms with E-state index in [0.717, 1.165) is 12.8 Å². The number of hydrogen-bond acceptors (Lipinski definition) is 2. The summed E-state index contributed by atoms with van der Waals surface area (Å²) in [6.45, 7) is 4.26. The maximum Gasteiger partial charge on any atom is 0.251 e. The summed E-state index contributed by atoms with van der Waals surface area (Å²) in [4.78, 5) is 10.5. The van der Waals surface area contributed by atoms with Gasteiger partial charge in [0.1, 0.15) is 0 Å². The fourth-order valence-corrected chi connectivity index (χ4v) is 1.18. The predicted molar refractivity (Wildman–Crippen MR) is 42.0 cm³/mol. The topological polar surface area (TPSA) is 49.3 Å². The van der Waals surface area contributed by atoms with Gasteiger partial charge in [-0.3, -0.25) is 4.79 Å². The monoisotopic (exact) mass is 157 g/mol. The summed E-state index contributed by atoms with van der Waals surface area (Å²) in [7, 11) is 0. The van der Waals surface area contributed by atoms with E-state index in [0.29, 0.717) is 5.92 Å². The molecule has 64 valence electrons. The Labute approximate surface area is 66.8 Å². The molecule has 0 aromatic rings. The zero-order chi connectivity index (χ0) is 8.43. The highest BCUT2D eigenvalue weighted by Gasteiger charge is 2.36. The SMILES string of the molecule is CC(C)CCC1NC(=O)C1O. The summed E-state index contributed by atoms with van der Waals surface area (Å²) in [5.41, 5.74) is 0. The molecule has 2 unspecified atom stereocenters. The van der Waals surface area contributed by atoms with Gasteiger partial charge >= 0.3 is 0 Å². The normalized spacial score (nSPS) is 30.0. The predicted octanol–water partition coefficient (Wildman–Crippen LogP) is 0.282. The first-order chi connectivity index (χ1) is 5.11.